The Balaban J connectivity index is 2.00. The fraction of sp³-hybridized carbons (Fsp3) is 0. The molecule has 1 aromatic carbocycles. The van der Waals surface area contributed by atoms with Gasteiger partial charge in [0.25, 0.3) is 0 Å². The Labute approximate surface area is 102 Å². The van der Waals surface area contributed by atoms with Crippen LogP contribution < -0.4 is 5.32 Å². The first kappa shape index (κ1) is 10.2. The smallest absolute Gasteiger partial charge is 0.236 e. The van der Waals surface area contributed by atoms with E-state index >= 15 is 0 Å². The largest absolute Gasteiger partial charge is 0.443 e. The second-order valence-electron chi connectivity index (χ2n) is 3.57. The molecular formula is C12H7N5O. The molecule has 6 nitrogen and oxygen atoms in total. The van der Waals surface area contributed by atoms with Crippen LogP contribution >= 0.6 is 0 Å². The third-order valence-electron chi connectivity index (χ3n) is 2.48. The van der Waals surface area contributed by atoms with Crippen molar-refractivity contribution in [1.29, 1.82) is 5.26 Å². The van der Waals surface area contributed by atoms with Gasteiger partial charge in [-0.3, -0.25) is 5.32 Å². The van der Waals surface area contributed by atoms with Crippen LogP contribution in [0.1, 0.15) is 0 Å². The molecule has 0 aliphatic heterocycles. The number of nitrogens with zero attached hydrogens (tertiary/aromatic N) is 4. The van der Waals surface area contributed by atoms with Gasteiger partial charge in [-0.05, 0) is 17.7 Å². The number of hydrogen-bond donors (Lipinski definition) is 1. The molecule has 18 heavy (non-hydrogen) atoms. The van der Waals surface area contributed by atoms with Gasteiger partial charge in [-0.1, -0.05) is 6.07 Å². The number of hydrogen-bond acceptors (Lipinski definition) is 6. The summed E-state index contributed by atoms with van der Waals surface area (Å²) < 4.78 is 5.23. The van der Waals surface area contributed by atoms with E-state index in [-0.39, 0.29) is 5.95 Å². The van der Waals surface area contributed by atoms with Gasteiger partial charge in [0.15, 0.2) is 18.2 Å². The molecule has 0 unspecified atom stereocenters. The molecule has 86 valence electrons. The Morgan fingerprint density at radius 2 is 1.94 bits per heavy atom. The number of anilines is 1. The van der Waals surface area contributed by atoms with Crippen LogP contribution in [0.4, 0.5) is 5.95 Å². The minimum absolute atomic E-state index is 0.280. The first-order valence-electron chi connectivity index (χ1n) is 5.17. The second kappa shape index (κ2) is 4.14. The SMILES string of the molecule is N#CNc1ncc(-c2ccc3ncoc3c2)cn1. The number of aromatic nitrogens is 3. The van der Waals surface area contributed by atoms with E-state index in [2.05, 4.69) is 20.3 Å². The van der Waals surface area contributed by atoms with Crippen molar-refractivity contribution in [3.63, 3.8) is 0 Å². The average Bonchev–Trinajstić information content (AvgIpc) is 2.87. The highest BCUT2D eigenvalue weighted by Gasteiger charge is 2.04. The van der Waals surface area contributed by atoms with Gasteiger partial charge in [0.2, 0.25) is 5.95 Å². The summed E-state index contributed by atoms with van der Waals surface area (Å²) in [7, 11) is 0. The highest BCUT2D eigenvalue weighted by Crippen LogP contribution is 2.23. The molecule has 0 saturated carbocycles. The van der Waals surface area contributed by atoms with E-state index in [1.165, 1.54) is 6.39 Å². The third kappa shape index (κ3) is 1.74. The van der Waals surface area contributed by atoms with Crippen LogP contribution in [0, 0.1) is 11.5 Å². The molecule has 2 heterocycles. The molecule has 0 saturated heterocycles. The molecule has 0 bridgehead atoms. The van der Waals surface area contributed by atoms with Crippen LogP contribution in [-0.2, 0) is 0 Å². The first-order valence-corrected chi connectivity index (χ1v) is 5.17. The highest BCUT2D eigenvalue weighted by atomic mass is 16.3. The zero-order chi connectivity index (χ0) is 12.4. The molecule has 1 N–H and O–H groups in total. The Kier molecular flexibility index (Phi) is 2.35. The Bertz CT molecular complexity index is 726. The van der Waals surface area contributed by atoms with Gasteiger partial charge < -0.3 is 4.42 Å². The molecule has 0 spiro atoms. The van der Waals surface area contributed by atoms with E-state index in [1.807, 2.05) is 18.2 Å². The Hall–Kier alpha value is -2.94. The van der Waals surface area contributed by atoms with Crippen LogP contribution in [0.3, 0.4) is 0 Å². The lowest BCUT2D eigenvalue weighted by molar-refractivity contribution is 0.602. The zero-order valence-corrected chi connectivity index (χ0v) is 9.16. The van der Waals surface area contributed by atoms with E-state index in [9.17, 15) is 0 Å². The van der Waals surface area contributed by atoms with Gasteiger partial charge in [-0.15, -0.1) is 0 Å². The number of nitrogens with one attached hydrogen (secondary N) is 1. The summed E-state index contributed by atoms with van der Waals surface area (Å²) in [4.78, 5) is 12.1. The quantitative estimate of drug-likeness (QED) is 0.543. The molecule has 0 fully saturated rings. The monoisotopic (exact) mass is 237 g/mol. The fourth-order valence-electron chi connectivity index (χ4n) is 1.63. The van der Waals surface area contributed by atoms with Gasteiger partial charge in [0.1, 0.15) is 5.52 Å². The fourth-order valence-corrected chi connectivity index (χ4v) is 1.63. The van der Waals surface area contributed by atoms with Crippen LogP contribution in [0.15, 0.2) is 41.4 Å². The molecule has 0 aliphatic carbocycles. The van der Waals surface area contributed by atoms with Gasteiger partial charge >= 0.3 is 0 Å². The van der Waals surface area contributed by atoms with Crippen molar-refractivity contribution >= 4 is 17.0 Å². The van der Waals surface area contributed by atoms with E-state index in [1.54, 1.807) is 18.6 Å². The third-order valence-corrected chi connectivity index (χ3v) is 2.48. The van der Waals surface area contributed by atoms with Crippen molar-refractivity contribution in [3.05, 3.63) is 37.0 Å². The number of benzene rings is 1. The molecule has 0 aliphatic rings. The Morgan fingerprint density at radius 3 is 2.72 bits per heavy atom. The molecular weight excluding hydrogens is 230 g/mol. The number of rotatable bonds is 2. The van der Waals surface area contributed by atoms with Crippen molar-refractivity contribution in [3.8, 4) is 17.3 Å². The maximum Gasteiger partial charge on any atom is 0.236 e. The Morgan fingerprint density at radius 1 is 1.11 bits per heavy atom. The number of nitriles is 1. The summed E-state index contributed by atoms with van der Waals surface area (Å²) in [6, 6.07) is 5.66. The van der Waals surface area contributed by atoms with Gasteiger partial charge in [0, 0.05) is 18.0 Å². The lowest BCUT2D eigenvalue weighted by atomic mass is 10.1. The number of fused-ring (bicyclic) bond motifs is 1. The summed E-state index contributed by atoms with van der Waals surface area (Å²) >= 11 is 0. The van der Waals surface area contributed by atoms with Crippen LogP contribution in [0.2, 0.25) is 0 Å². The summed E-state index contributed by atoms with van der Waals surface area (Å²) in [5.74, 6) is 0.280. The molecule has 0 atom stereocenters. The maximum absolute atomic E-state index is 8.44. The van der Waals surface area contributed by atoms with E-state index < -0.39 is 0 Å². The lowest BCUT2D eigenvalue weighted by Gasteiger charge is -2.01. The zero-order valence-electron chi connectivity index (χ0n) is 9.16. The summed E-state index contributed by atoms with van der Waals surface area (Å²) in [5, 5.41) is 10.8. The summed E-state index contributed by atoms with van der Waals surface area (Å²) in [5.41, 5.74) is 3.30. The van der Waals surface area contributed by atoms with E-state index in [0.29, 0.717) is 5.58 Å². The number of oxazole rings is 1. The van der Waals surface area contributed by atoms with Crippen molar-refractivity contribution in [2.75, 3.05) is 5.32 Å². The van der Waals surface area contributed by atoms with Gasteiger partial charge in [0.05, 0.1) is 0 Å². The van der Waals surface area contributed by atoms with Crippen molar-refractivity contribution in [1.82, 2.24) is 15.0 Å². The average molecular weight is 237 g/mol. The highest BCUT2D eigenvalue weighted by molar-refractivity contribution is 5.79. The predicted octanol–water partition coefficient (Wildman–Crippen LogP) is 2.18. The predicted molar refractivity (Wildman–Crippen MR) is 64.3 cm³/mol. The molecule has 3 aromatic rings. The van der Waals surface area contributed by atoms with Gasteiger partial charge in [-0.25, -0.2) is 15.0 Å². The molecule has 0 radical (unpaired) electrons. The van der Waals surface area contributed by atoms with Crippen molar-refractivity contribution < 1.29 is 4.42 Å². The molecule has 3 rings (SSSR count). The molecule has 6 heteroatoms. The molecule has 0 amide bonds. The summed E-state index contributed by atoms with van der Waals surface area (Å²) in [6.45, 7) is 0. The normalized spacial score (nSPS) is 10.2. The first-order chi connectivity index (χ1) is 8.86. The van der Waals surface area contributed by atoms with Gasteiger partial charge in [-0.2, -0.15) is 5.26 Å². The molecule has 2 aromatic heterocycles. The van der Waals surface area contributed by atoms with Crippen molar-refractivity contribution in [2.45, 2.75) is 0 Å². The minimum Gasteiger partial charge on any atom is -0.443 e. The standard InChI is InChI=1S/C12H7N5O/c13-6-16-12-14-4-9(5-15-12)8-1-2-10-11(3-8)18-7-17-10/h1-5,7H,(H,14,15,16). The van der Waals surface area contributed by atoms with Crippen LogP contribution in [0.25, 0.3) is 22.2 Å². The summed E-state index contributed by atoms with van der Waals surface area (Å²) in [6.07, 6.45) is 6.46. The maximum atomic E-state index is 8.44. The second-order valence-corrected chi connectivity index (χ2v) is 3.57. The van der Waals surface area contributed by atoms with Crippen molar-refractivity contribution in [2.24, 2.45) is 0 Å². The van der Waals surface area contributed by atoms with E-state index in [0.717, 1.165) is 16.6 Å². The minimum atomic E-state index is 0.280. The lowest BCUT2D eigenvalue weighted by Crippen LogP contribution is -1.94. The van der Waals surface area contributed by atoms with Crippen LogP contribution in [-0.4, -0.2) is 15.0 Å². The topological polar surface area (TPSA) is 87.6 Å². The van der Waals surface area contributed by atoms with E-state index in [4.69, 9.17) is 9.68 Å². The van der Waals surface area contributed by atoms with Crippen LogP contribution in [0.5, 0.6) is 0 Å².